The monoisotopic (exact) mass is 492 g/mol. The number of aromatic nitrogens is 3. The zero-order valence-corrected chi connectivity index (χ0v) is 20.4. The first-order chi connectivity index (χ1) is 17.6. The lowest BCUT2D eigenvalue weighted by molar-refractivity contribution is 0.102. The van der Waals surface area contributed by atoms with Crippen LogP contribution in [0.3, 0.4) is 0 Å². The number of aliphatic hydroxyl groups is 1. The van der Waals surface area contributed by atoms with Crippen molar-refractivity contribution in [2.24, 2.45) is 0 Å². The van der Waals surface area contributed by atoms with Crippen molar-refractivity contribution in [3.8, 4) is 0 Å². The summed E-state index contributed by atoms with van der Waals surface area (Å²) in [5, 5.41) is 21.0. The Balaban J connectivity index is 1.37. The molecule has 5 aromatic rings. The maximum Gasteiger partial charge on any atom is 0.256 e. The maximum absolute atomic E-state index is 13.2. The molecular weight excluding hydrogens is 468 g/mol. The van der Waals surface area contributed by atoms with E-state index in [0.717, 1.165) is 43.2 Å². The fraction of sp³-hybridized carbons (Fsp3) is 0.0690. The Bertz CT molecular complexity index is 1560. The average Bonchev–Trinajstić information content (AvgIpc) is 3.31. The highest BCUT2D eigenvalue weighted by Crippen LogP contribution is 2.33. The van der Waals surface area contributed by atoms with Gasteiger partial charge in [0.15, 0.2) is 0 Å². The molecule has 0 radical (unpaired) electrons. The third kappa shape index (κ3) is 5.22. The number of amides is 1. The predicted octanol–water partition coefficient (Wildman–Crippen LogP) is 6.33. The van der Waals surface area contributed by atoms with Crippen LogP contribution < -0.4 is 5.32 Å². The largest absolute Gasteiger partial charge is 0.392 e. The van der Waals surface area contributed by atoms with Crippen LogP contribution >= 0.6 is 11.8 Å². The molecule has 0 bridgehead atoms. The smallest absolute Gasteiger partial charge is 0.256 e. The third-order valence-electron chi connectivity index (χ3n) is 5.76. The standard InChI is InChI=1S/C29H24N4O2S/c1-19-9-10-20(18-34)16-26(19)31-29(35)24-7-2-3-8-28(24)36-22-12-13-23-25(32-33-27(23)17-22)14-11-21-6-4-5-15-30-21/h2-17,34H,18H2,1H3,(H,31,35)(H,32,33)/b14-11+. The molecule has 0 aliphatic rings. The highest BCUT2D eigenvalue weighted by atomic mass is 32.2. The molecule has 0 atom stereocenters. The SMILES string of the molecule is Cc1ccc(CO)cc1NC(=O)c1ccccc1Sc1ccc2c(/C=C/c3ccccn3)n[nH]c2c1. The first-order valence-electron chi connectivity index (χ1n) is 11.5. The predicted molar refractivity (Wildman–Crippen MR) is 145 cm³/mol. The van der Waals surface area contributed by atoms with E-state index < -0.39 is 0 Å². The number of fused-ring (bicyclic) bond motifs is 1. The van der Waals surface area contributed by atoms with Gasteiger partial charge in [-0.1, -0.05) is 42.1 Å². The van der Waals surface area contributed by atoms with E-state index in [2.05, 4.69) is 20.5 Å². The number of nitrogens with one attached hydrogen (secondary N) is 2. The second-order valence-corrected chi connectivity index (χ2v) is 9.38. The van der Waals surface area contributed by atoms with Crippen LogP contribution in [0.25, 0.3) is 23.1 Å². The van der Waals surface area contributed by atoms with Gasteiger partial charge in [0.05, 0.1) is 29.1 Å². The molecule has 36 heavy (non-hydrogen) atoms. The van der Waals surface area contributed by atoms with E-state index in [-0.39, 0.29) is 12.5 Å². The van der Waals surface area contributed by atoms with Crippen molar-refractivity contribution in [2.45, 2.75) is 23.3 Å². The molecule has 0 saturated heterocycles. The molecule has 1 amide bonds. The first kappa shape index (κ1) is 23.5. The Kier molecular flexibility index (Phi) is 6.93. The Hall–Kier alpha value is -4.20. The molecule has 0 spiro atoms. The lowest BCUT2D eigenvalue weighted by Crippen LogP contribution is -2.14. The molecular formula is C29H24N4O2S. The number of aromatic amines is 1. The second-order valence-electron chi connectivity index (χ2n) is 8.26. The van der Waals surface area contributed by atoms with E-state index in [1.54, 1.807) is 12.3 Å². The number of carbonyl (C=O) groups excluding carboxylic acids is 1. The summed E-state index contributed by atoms with van der Waals surface area (Å²) in [5.74, 6) is -0.194. The van der Waals surface area contributed by atoms with Gasteiger partial charge in [-0.2, -0.15) is 5.10 Å². The molecule has 5 rings (SSSR count). The highest BCUT2D eigenvalue weighted by molar-refractivity contribution is 7.99. The van der Waals surface area contributed by atoms with Gasteiger partial charge in [-0.05, 0) is 78.7 Å². The summed E-state index contributed by atoms with van der Waals surface area (Å²) >= 11 is 1.52. The third-order valence-corrected chi connectivity index (χ3v) is 6.82. The zero-order valence-electron chi connectivity index (χ0n) is 19.6. The molecule has 3 aromatic carbocycles. The number of benzene rings is 3. The number of nitrogens with zero attached hydrogens (tertiary/aromatic N) is 2. The van der Waals surface area contributed by atoms with Crippen molar-refractivity contribution in [2.75, 3.05) is 5.32 Å². The van der Waals surface area contributed by atoms with Crippen LogP contribution in [0.15, 0.2) is 94.9 Å². The van der Waals surface area contributed by atoms with E-state index in [4.69, 9.17) is 0 Å². The average molecular weight is 493 g/mol. The zero-order chi connectivity index (χ0) is 24.9. The summed E-state index contributed by atoms with van der Waals surface area (Å²) in [4.78, 5) is 19.3. The Labute approximate surface area is 213 Å². The van der Waals surface area contributed by atoms with E-state index >= 15 is 0 Å². The van der Waals surface area contributed by atoms with Crippen molar-refractivity contribution in [1.29, 1.82) is 0 Å². The van der Waals surface area contributed by atoms with Crippen molar-refractivity contribution in [3.05, 3.63) is 113 Å². The normalized spacial score (nSPS) is 11.3. The summed E-state index contributed by atoms with van der Waals surface area (Å²) in [7, 11) is 0. The van der Waals surface area contributed by atoms with E-state index in [9.17, 15) is 9.90 Å². The van der Waals surface area contributed by atoms with Gasteiger partial charge >= 0.3 is 0 Å². The van der Waals surface area contributed by atoms with Crippen LogP contribution in [0.1, 0.15) is 32.9 Å². The van der Waals surface area contributed by atoms with Crippen LogP contribution in [0.5, 0.6) is 0 Å². The van der Waals surface area contributed by atoms with Gasteiger partial charge in [-0.25, -0.2) is 0 Å². The second kappa shape index (κ2) is 10.6. The Morgan fingerprint density at radius 3 is 2.72 bits per heavy atom. The van der Waals surface area contributed by atoms with Crippen LogP contribution in [-0.4, -0.2) is 26.2 Å². The van der Waals surface area contributed by atoms with Gasteiger partial charge in [-0.3, -0.25) is 14.9 Å². The van der Waals surface area contributed by atoms with Crippen molar-refractivity contribution >= 4 is 46.4 Å². The van der Waals surface area contributed by atoms with Gasteiger partial charge in [-0.15, -0.1) is 0 Å². The number of carbonyl (C=O) groups is 1. The van der Waals surface area contributed by atoms with Crippen LogP contribution in [-0.2, 0) is 6.61 Å². The molecule has 2 aromatic heterocycles. The fourth-order valence-corrected chi connectivity index (χ4v) is 4.80. The molecule has 0 aliphatic heterocycles. The quantitative estimate of drug-likeness (QED) is 0.247. The van der Waals surface area contributed by atoms with Crippen molar-refractivity contribution in [1.82, 2.24) is 15.2 Å². The lowest BCUT2D eigenvalue weighted by atomic mass is 10.1. The van der Waals surface area contributed by atoms with Gasteiger partial charge in [0.1, 0.15) is 0 Å². The lowest BCUT2D eigenvalue weighted by Gasteiger charge is -2.12. The molecule has 0 unspecified atom stereocenters. The molecule has 0 aliphatic carbocycles. The van der Waals surface area contributed by atoms with Gasteiger partial charge in [0.25, 0.3) is 5.91 Å². The molecule has 0 saturated carbocycles. The number of hydrogen-bond donors (Lipinski definition) is 3. The molecule has 178 valence electrons. The number of pyridine rings is 1. The number of anilines is 1. The van der Waals surface area contributed by atoms with E-state index in [1.807, 2.05) is 91.9 Å². The van der Waals surface area contributed by atoms with Crippen molar-refractivity contribution < 1.29 is 9.90 Å². The minimum absolute atomic E-state index is 0.0771. The molecule has 3 N–H and O–H groups in total. The number of hydrogen-bond acceptors (Lipinski definition) is 5. The fourth-order valence-electron chi connectivity index (χ4n) is 3.81. The summed E-state index contributed by atoms with van der Waals surface area (Å²) in [6, 6.07) is 25.0. The topological polar surface area (TPSA) is 90.9 Å². The van der Waals surface area contributed by atoms with Gasteiger partial charge < -0.3 is 10.4 Å². The van der Waals surface area contributed by atoms with Gasteiger partial charge in [0.2, 0.25) is 0 Å². The Morgan fingerprint density at radius 1 is 1.03 bits per heavy atom. The molecule has 7 heteroatoms. The van der Waals surface area contributed by atoms with Crippen molar-refractivity contribution in [3.63, 3.8) is 0 Å². The maximum atomic E-state index is 13.2. The van der Waals surface area contributed by atoms with E-state index in [1.165, 1.54) is 11.8 Å². The number of H-pyrrole nitrogens is 1. The molecule has 6 nitrogen and oxygen atoms in total. The van der Waals surface area contributed by atoms with Crippen LogP contribution in [0.4, 0.5) is 5.69 Å². The van der Waals surface area contributed by atoms with Crippen LogP contribution in [0.2, 0.25) is 0 Å². The summed E-state index contributed by atoms with van der Waals surface area (Å²) in [6.07, 6.45) is 5.64. The number of rotatable bonds is 7. The minimum atomic E-state index is -0.194. The van der Waals surface area contributed by atoms with E-state index in [0.29, 0.717) is 11.3 Å². The first-order valence-corrected chi connectivity index (χ1v) is 12.3. The summed E-state index contributed by atoms with van der Waals surface area (Å²) < 4.78 is 0. The highest BCUT2D eigenvalue weighted by Gasteiger charge is 2.14. The number of aliphatic hydroxyl groups excluding tert-OH is 1. The molecule has 2 heterocycles. The summed E-state index contributed by atoms with van der Waals surface area (Å²) in [6.45, 7) is 1.85. The minimum Gasteiger partial charge on any atom is -0.392 e. The summed E-state index contributed by atoms with van der Waals surface area (Å²) in [5.41, 5.74) is 5.58. The van der Waals surface area contributed by atoms with Crippen LogP contribution in [0, 0.1) is 6.92 Å². The Morgan fingerprint density at radius 2 is 1.89 bits per heavy atom. The molecule has 0 fully saturated rings. The number of aryl methyl sites for hydroxylation is 1. The van der Waals surface area contributed by atoms with Gasteiger partial charge in [0, 0.05) is 27.1 Å².